The first kappa shape index (κ1) is 16.1. The maximum absolute atomic E-state index is 12.2. The van der Waals surface area contributed by atoms with Crippen molar-refractivity contribution in [1.29, 1.82) is 0 Å². The Labute approximate surface area is 143 Å². The average molecular weight is 334 g/mol. The second-order valence-corrected chi connectivity index (χ2v) is 5.02. The zero-order chi connectivity index (χ0) is 17.6. The van der Waals surface area contributed by atoms with Crippen molar-refractivity contribution in [3.63, 3.8) is 0 Å². The summed E-state index contributed by atoms with van der Waals surface area (Å²) >= 11 is 0. The smallest absolute Gasteiger partial charge is 0.278 e. The monoisotopic (exact) mass is 334 g/mol. The lowest BCUT2D eigenvalue weighted by Gasteiger charge is -2.09. The molecule has 25 heavy (non-hydrogen) atoms. The van der Waals surface area contributed by atoms with E-state index in [1.807, 2.05) is 0 Å². The van der Waals surface area contributed by atoms with E-state index >= 15 is 0 Å². The lowest BCUT2D eigenvalue weighted by molar-refractivity contribution is 0.101. The van der Waals surface area contributed by atoms with Gasteiger partial charge >= 0.3 is 0 Å². The van der Waals surface area contributed by atoms with Gasteiger partial charge in [-0.15, -0.1) is 0 Å². The third-order valence-electron chi connectivity index (χ3n) is 3.26. The summed E-state index contributed by atoms with van der Waals surface area (Å²) in [6.45, 7) is 0. The molecule has 0 bridgehead atoms. The van der Waals surface area contributed by atoms with Crippen LogP contribution in [0.1, 0.15) is 20.8 Å². The van der Waals surface area contributed by atoms with Gasteiger partial charge in [-0.3, -0.25) is 14.6 Å². The first-order chi connectivity index (χ1) is 12.1. The summed E-state index contributed by atoms with van der Waals surface area (Å²) in [5, 5.41) is 5.42. The highest BCUT2D eigenvalue weighted by Gasteiger charge is 2.12. The van der Waals surface area contributed by atoms with Crippen LogP contribution >= 0.6 is 0 Å². The van der Waals surface area contributed by atoms with Crippen LogP contribution in [0.2, 0.25) is 0 Å². The van der Waals surface area contributed by atoms with Crippen molar-refractivity contribution in [2.45, 2.75) is 0 Å². The summed E-state index contributed by atoms with van der Waals surface area (Å²) in [4.78, 5) is 36.0. The van der Waals surface area contributed by atoms with Gasteiger partial charge in [-0.25, -0.2) is 9.97 Å². The molecule has 1 aromatic carbocycles. The molecule has 3 rings (SSSR count). The zero-order valence-electron chi connectivity index (χ0n) is 13.0. The van der Waals surface area contributed by atoms with E-state index in [-0.39, 0.29) is 17.4 Å². The van der Waals surface area contributed by atoms with E-state index in [0.717, 1.165) is 0 Å². The number of benzene rings is 1. The van der Waals surface area contributed by atoms with E-state index in [4.69, 9.17) is 5.73 Å². The van der Waals surface area contributed by atoms with Crippen LogP contribution in [-0.2, 0) is 0 Å². The van der Waals surface area contributed by atoms with E-state index in [1.54, 1.807) is 36.4 Å². The SMILES string of the molecule is Nc1nccnc1C(=O)Nc1cccc(NC(=O)c2ccncc2)c1. The number of anilines is 3. The van der Waals surface area contributed by atoms with Gasteiger partial charge in [0.05, 0.1) is 0 Å². The number of rotatable bonds is 4. The number of carbonyl (C=O) groups is 2. The maximum atomic E-state index is 12.2. The van der Waals surface area contributed by atoms with Crippen molar-refractivity contribution < 1.29 is 9.59 Å². The maximum Gasteiger partial charge on any atom is 0.278 e. The van der Waals surface area contributed by atoms with Gasteiger partial charge in [0.1, 0.15) is 0 Å². The van der Waals surface area contributed by atoms with Gasteiger partial charge < -0.3 is 16.4 Å². The number of hydrogen-bond donors (Lipinski definition) is 3. The van der Waals surface area contributed by atoms with Gasteiger partial charge in [0.2, 0.25) is 0 Å². The van der Waals surface area contributed by atoms with Gasteiger partial charge in [0.15, 0.2) is 11.5 Å². The molecule has 2 amide bonds. The largest absolute Gasteiger partial charge is 0.382 e. The number of nitrogen functional groups attached to an aromatic ring is 1. The van der Waals surface area contributed by atoms with E-state index in [1.165, 1.54) is 24.8 Å². The molecule has 0 aliphatic heterocycles. The second-order valence-electron chi connectivity index (χ2n) is 5.02. The molecule has 2 heterocycles. The molecule has 0 saturated carbocycles. The molecule has 124 valence electrons. The molecular formula is C17H14N6O2. The molecule has 0 fully saturated rings. The van der Waals surface area contributed by atoms with E-state index in [9.17, 15) is 9.59 Å². The Morgan fingerprint density at radius 1 is 0.840 bits per heavy atom. The number of hydrogen-bond acceptors (Lipinski definition) is 6. The molecule has 0 saturated heterocycles. The molecule has 0 unspecified atom stereocenters. The minimum atomic E-state index is -0.483. The molecule has 0 atom stereocenters. The molecule has 8 heteroatoms. The third-order valence-corrected chi connectivity index (χ3v) is 3.26. The minimum Gasteiger partial charge on any atom is -0.382 e. The van der Waals surface area contributed by atoms with Gasteiger partial charge in [-0.1, -0.05) is 6.07 Å². The summed E-state index contributed by atoms with van der Waals surface area (Å²) < 4.78 is 0. The first-order valence-corrected chi connectivity index (χ1v) is 7.33. The van der Waals surface area contributed by atoms with E-state index < -0.39 is 5.91 Å². The summed E-state index contributed by atoms with van der Waals surface area (Å²) in [5.41, 5.74) is 7.18. The van der Waals surface area contributed by atoms with Crippen molar-refractivity contribution in [2.75, 3.05) is 16.4 Å². The highest BCUT2D eigenvalue weighted by molar-refractivity contribution is 6.07. The topological polar surface area (TPSA) is 123 Å². The van der Waals surface area contributed by atoms with Crippen LogP contribution in [-0.4, -0.2) is 26.8 Å². The van der Waals surface area contributed by atoms with Crippen molar-refractivity contribution in [3.05, 3.63) is 72.4 Å². The van der Waals surface area contributed by atoms with E-state index in [2.05, 4.69) is 25.6 Å². The Balaban J connectivity index is 1.72. The van der Waals surface area contributed by atoms with Crippen LogP contribution < -0.4 is 16.4 Å². The van der Waals surface area contributed by atoms with Crippen LogP contribution in [0.5, 0.6) is 0 Å². The third kappa shape index (κ3) is 3.94. The van der Waals surface area contributed by atoms with Crippen LogP contribution in [0.3, 0.4) is 0 Å². The Morgan fingerprint density at radius 3 is 2.16 bits per heavy atom. The second kappa shape index (κ2) is 7.18. The van der Waals surface area contributed by atoms with Gasteiger partial charge in [0.25, 0.3) is 11.8 Å². The Bertz CT molecular complexity index is 914. The molecule has 0 radical (unpaired) electrons. The molecule has 0 aliphatic carbocycles. The summed E-state index contributed by atoms with van der Waals surface area (Å²) in [6, 6.07) is 9.95. The van der Waals surface area contributed by atoms with Crippen molar-refractivity contribution in [3.8, 4) is 0 Å². The van der Waals surface area contributed by atoms with Crippen LogP contribution in [0, 0.1) is 0 Å². The molecule has 8 nitrogen and oxygen atoms in total. The van der Waals surface area contributed by atoms with Crippen LogP contribution in [0.4, 0.5) is 17.2 Å². The first-order valence-electron chi connectivity index (χ1n) is 7.33. The lowest BCUT2D eigenvalue weighted by Crippen LogP contribution is -2.17. The fourth-order valence-corrected chi connectivity index (χ4v) is 2.10. The van der Waals surface area contributed by atoms with Gasteiger partial charge in [0, 0.05) is 41.7 Å². The fourth-order valence-electron chi connectivity index (χ4n) is 2.10. The summed E-state index contributed by atoms with van der Waals surface area (Å²) in [7, 11) is 0. The number of nitrogens with one attached hydrogen (secondary N) is 2. The van der Waals surface area contributed by atoms with Crippen LogP contribution in [0.15, 0.2) is 61.2 Å². The average Bonchev–Trinajstić information content (AvgIpc) is 2.63. The summed E-state index contributed by atoms with van der Waals surface area (Å²) in [5.74, 6) is -0.714. The highest BCUT2D eigenvalue weighted by Crippen LogP contribution is 2.17. The molecular weight excluding hydrogens is 320 g/mol. The van der Waals surface area contributed by atoms with Gasteiger partial charge in [-0.05, 0) is 30.3 Å². The predicted molar refractivity (Wildman–Crippen MR) is 93.0 cm³/mol. The number of nitrogens with zero attached hydrogens (tertiary/aromatic N) is 3. The summed E-state index contributed by atoms with van der Waals surface area (Å²) in [6.07, 6.45) is 5.87. The fraction of sp³-hybridized carbons (Fsp3) is 0. The van der Waals surface area contributed by atoms with Crippen molar-refractivity contribution in [1.82, 2.24) is 15.0 Å². The normalized spacial score (nSPS) is 10.1. The number of amides is 2. The van der Waals surface area contributed by atoms with E-state index in [0.29, 0.717) is 16.9 Å². The standard InChI is InChI=1S/C17H14N6O2/c18-15-14(20-8-9-21-15)17(25)23-13-3-1-2-12(10-13)22-16(24)11-4-6-19-7-5-11/h1-10H,(H2,18,21)(H,22,24)(H,23,25). The zero-order valence-corrected chi connectivity index (χ0v) is 13.0. The molecule has 0 aliphatic rings. The Kier molecular flexibility index (Phi) is 4.61. The van der Waals surface area contributed by atoms with Crippen molar-refractivity contribution in [2.24, 2.45) is 0 Å². The molecule has 3 aromatic rings. The highest BCUT2D eigenvalue weighted by atomic mass is 16.2. The van der Waals surface area contributed by atoms with Gasteiger partial charge in [-0.2, -0.15) is 0 Å². The van der Waals surface area contributed by atoms with Crippen LogP contribution in [0.25, 0.3) is 0 Å². The quantitative estimate of drug-likeness (QED) is 0.670. The Hall–Kier alpha value is -3.81. The number of nitrogens with two attached hydrogens (primary N) is 1. The molecule has 2 aromatic heterocycles. The minimum absolute atomic E-state index is 0.0359. The molecule has 0 spiro atoms. The number of carbonyl (C=O) groups excluding carboxylic acids is 2. The van der Waals surface area contributed by atoms with Crippen molar-refractivity contribution >= 4 is 29.0 Å². The molecule has 4 N–H and O–H groups in total. The number of pyridine rings is 1. The number of aromatic nitrogens is 3. The Morgan fingerprint density at radius 2 is 1.48 bits per heavy atom. The lowest BCUT2D eigenvalue weighted by atomic mass is 10.2. The predicted octanol–water partition coefficient (Wildman–Crippen LogP) is 1.96.